The van der Waals surface area contributed by atoms with Crippen LogP contribution in [0.3, 0.4) is 0 Å². The molecule has 5 heteroatoms. The van der Waals surface area contributed by atoms with Crippen molar-refractivity contribution < 1.29 is 4.74 Å². The van der Waals surface area contributed by atoms with Gasteiger partial charge in [0.05, 0.1) is 13.2 Å². The fourth-order valence-electron chi connectivity index (χ4n) is 3.00. The van der Waals surface area contributed by atoms with Crippen molar-refractivity contribution in [1.29, 1.82) is 0 Å². The van der Waals surface area contributed by atoms with Crippen LogP contribution in [-0.4, -0.2) is 49.8 Å². The van der Waals surface area contributed by atoms with Crippen LogP contribution in [0, 0.1) is 0 Å². The average Bonchev–Trinajstić information content (AvgIpc) is 2.47. The Bertz CT molecular complexity index is 453. The Balaban J connectivity index is 2.18. The van der Waals surface area contributed by atoms with E-state index in [9.17, 15) is 0 Å². The van der Waals surface area contributed by atoms with E-state index in [2.05, 4.69) is 24.1 Å². The zero-order valence-corrected chi connectivity index (χ0v) is 14.5. The van der Waals surface area contributed by atoms with Crippen molar-refractivity contribution >= 4 is 23.2 Å². The number of halogens is 2. The van der Waals surface area contributed by atoms with Crippen molar-refractivity contribution in [3.05, 3.63) is 33.8 Å². The summed E-state index contributed by atoms with van der Waals surface area (Å²) in [6.07, 6.45) is 0.805. The third kappa shape index (κ3) is 3.91. The molecular formula is C16H24Cl2N2O. The molecule has 0 aliphatic carbocycles. The summed E-state index contributed by atoms with van der Waals surface area (Å²) in [5.74, 6) is 0. The lowest BCUT2D eigenvalue weighted by atomic mass is 9.87. The van der Waals surface area contributed by atoms with Gasteiger partial charge in [-0.3, -0.25) is 4.90 Å². The number of rotatable bonds is 5. The Morgan fingerprint density at radius 2 is 1.81 bits per heavy atom. The molecule has 1 aromatic rings. The minimum absolute atomic E-state index is 0.00102. The van der Waals surface area contributed by atoms with Crippen LogP contribution in [0.25, 0.3) is 0 Å². The lowest BCUT2D eigenvalue weighted by Gasteiger charge is -2.46. The van der Waals surface area contributed by atoms with Crippen molar-refractivity contribution in [3.63, 3.8) is 0 Å². The van der Waals surface area contributed by atoms with Crippen LogP contribution in [0.5, 0.6) is 0 Å². The second-order valence-electron chi connectivity index (χ2n) is 6.00. The highest BCUT2D eigenvalue weighted by Crippen LogP contribution is 2.29. The Kier molecular flexibility index (Phi) is 5.92. The highest BCUT2D eigenvalue weighted by Gasteiger charge is 2.36. The van der Waals surface area contributed by atoms with Gasteiger partial charge in [0.15, 0.2) is 0 Å². The van der Waals surface area contributed by atoms with Crippen LogP contribution >= 0.6 is 23.2 Å². The highest BCUT2D eigenvalue weighted by atomic mass is 35.5. The normalized spacial score (nSPS) is 18.7. The minimum atomic E-state index is 0.00102. The third-order valence-electron chi connectivity index (χ3n) is 4.50. The van der Waals surface area contributed by atoms with E-state index in [0.29, 0.717) is 0 Å². The van der Waals surface area contributed by atoms with Gasteiger partial charge in [0.1, 0.15) is 0 Å². The number of hydrogen-bond donors (Lipinski definition) is 1. The predicted molar refractivity (Wildman–Crippen MR) is 89.5 cm³/mol. The number of hydrogen-bond acceptors (Lipinski definition) is 3. The molecule has 1 atom stereocenters. The van der Waals surface area contributed by atoms with E-state index in [4.69, 9.17) is 27.9 Å². The van der Waals surface area contributed by atoms with E-state index >= 15 is 0 Å². The molecule has 0 radical (unpaired) electrons. The van der Waals surface area contributed by atoms with Gasteiger partial charge in [0.25, 0.3) is 0 Å². The second kappa shape index (κ2) is 7.30. The lowest BCUT2D eigenvalue weighted by molar-refractivity contribution is -0.0223. The van der Waals surface area contributed by atoms with Crippen molar-refractivity contribution in [2.75, 3.05) is 33.4 Å². The smallest absolute Gasteiger partial charge is 0.0594 e. The second-order valence-corrected chi connectivity index (χ2v) is 6.81. The van der Waals surface area contributed by atoms with Crippen LogP contribution in [0.1, 0.15) is 19.4 Å². The molecule has 1 aromatic carbocycles. The third-order valence-corrected chi connectivity index (χ3v) is 5.21. The lowest BCUT2D eigenvalue weighted by Crippen LogP contribution is -2.60. The molecule has 1 unspecified atom stereocenters. The molecule has 1 saturated heterocycles. The first kappa shape index (κ1) is 17.0. The van der Waals surface area contributed by atoms with Crippen LogP contribution < -0.4 is 5.32 Å². The van der Waals surface area contributed by atoms with E-state index in [0.717, 1.165) is 48.3 Å². The Hall–Kier alpha value is -0.320. The summed E-state index contributed by atoms with van der Waals surface area (Å²) in [7, 11) is 2.00. The van der Waals surface area contributed by atoms with Crippen molar-refractivity contribution in [2.24, 2.45) is 0 Å². The van der Waals surface area contributed by atoms with Crippen molar-refractivity contribution in [3.8, 4) is 0 Å². The summed E-state index contributed by atoms with van der Waals surface area (Å²) < 4.78 is 5.46. The molecule has 1 heterocycles. The number of ether oxygens (including phenoxy) is 1. The number of morpholine rings is 1. The fourth-order valence-corrected chi connectivity index (χ4v) is 3.55. The molecule has 118 valence electrons. The monoisotopic (exact) mass is 330 g/mol. The Labute approximate surface area is 137 Å². The minimum Gasteiger partial charge on any atom is -0.379 e. The van der Waals surface area contributed by atoms with Gasteiger partial charge >= 0.3 is 0 Å². The molecule has 2 rings (SSSR count). The van der Waals surface area contributed by atoms with E-state index < -0.39 is 0 Å². The van der Waals surface area contributed by atoms with Gasteiger partial charge in [-0.15, -0.1) is 0 Å². The molecule has 3 nitrogen and oxygen atoms in total. The topological polar surface area (TPSA) is 24.5 Å². The van der Waals surface area contributed by atoms with E-state index in [1.54, 1.807) is 0 Å². The predicted octanol–water partition coefficient (Wildman–Crippen LogP) is 3.23. The van der Waals surface area contributed by atoms with Crippen LogP contribution in [0.15, 0.2) is 18.2 Å². The standard InChI is InChI=1S/C16H24Cl2N2O/c1-16(2,20-7-9-21-10-8-20)15(19-3)11-12-13(17)5-4-6-14(12)18/h4-6,15,19H,7-11H2,1-3H3. The first-order valence-corrected chi connectivity index (χ1v) is 8.15. The Morgan fingerprint density at radius 3 is 2.33 bits per heavy atom. The zero-order chi connectivity index (χ0) is 15.5. The number of nitrogens with one attached hydrogen (secondary N) is 1. The maximum absolute atomic E-state index is 6.32. The van der Waals surface area contributed by atoms with Gasteiger partial charge in [-0.2, -0.15) is 0 Å². The molecule has 21 heavy (non-hydrogen) atoms. The van der Waals surface area contributed by atoms with Crippen molar-refractivity contribution in [1.82, 2.24) is 10.2 Å². The molecule has 0 aromatic heterocycles. The molecule has 0 amide bonds. The first-order chi connectivity index (χ1) is 9.96. The molecule has 1 aliphatic rings. The van der Waals surface area contributed by atoms with Gasteiger partial charge < -0.3 is 10.1 Å². The maximum Gasteiger partial charge on any atom is 0.0594 e. The maximum atomic E-state index is 6.32. The zero-order valence-electron chi connectivity index (χ0n) is 13.0. The molecule has 0 saturated carbocycles. The number of likely N-dealkylation sites (N-methyl/N-ethyl adjacent to an activating group) is 1. The summed E-state index contributed by atoms with van der Waals surface area (Å²) in [4.78, 5) is 2.47. The quantitative estimate of drug-likeness (QED) is 0.896. The summed E-state index contributed by atoms with van der Waals surface area (Å²) >= 11 is 12.6. The average molecular weight is 331 g/mol. The molecule has 0 bridgehead atoms. The van der Waals surface area contributed by atoms with E-state index in [-0.39, 0.29) is 11.6 Å². The van der Waals surface area contributed by atoms with Crippen molar-refractivity contribution in [2.45, 2.75) is 31.8 Å². The Morgan fingerprint density at radius 1 is 1.24 bits per heavy atom. The van der Waals surface area contributed by atoms with Crippen LogP contribution in [0.4, 0.5) is 0 Å². The molecule has 1 N–H and O–H groups in total. The van der Waals surface area contributed by atoms with E-state index in [1.165, 1.54) is 0 Å². The van der Waals surface area contributed by atoms with E-state index in [1.807, 2.05) is 25.2 Å². The molecule has 0 spiro atoms. The SMILES string of the molecule is CNC(Cc1c(Cl)cccc1Cl)C(C)(C)N1CCOCC1. The summed E-state index contributed by atoms with van der Waals surface area (Å²) in [6, 6.07) is 5.94. The van der Waals surface area contributed by atoms with Crippen LogP contribution in [0.2, 0.25) is 10.0 Å². The van der Waals surface area contributed by atoms with Gasteiger partial charge in [0, 0.05) is 34.7 Å². The first-order valence-electron chi connectivity index (χ1n) is 7.39. The summed E-state index contributed by atoms with van der Waals surface area (Å²) in [6.45, 7) is 8.05. The highest BCUT2D eigenvalue weighted by molar-refractivity contribution is 6.36. The van der Waals surface area contributed by atoms with Gasteiger partial charge in [-0.25, -0.2) is 0 Å². The molecular weight excluding hydrogens is 307 g/mol. The summed E-state index contributed by atoms with van der Waals surface area (Å²) in [5.41, 5.74) is 1.02. The van der Waals surface area contributed by atoms with Crippen LogP contribution in [-0.2, 0) is 11.2 Å². The molecule has 1 fully saturated rings. The number of benzene rings is 1. The van der Waals surface area contributed by atoms with Gasteiger partial charge in [-0.1, -0.05) is 29.3 Å². The molecule has 1 aliphatic heterocycles. The van der Waals surface area contributed by atoms with Gasteiger partial charge in [0.2, 0.25) is 0 Å². The van der Waals surface area contributed by atoms with Gasteiger partial charge in [-0.05, 0) is 45.0 Å². The fraction of sp³-hybridized carbons (Fsp3) is 0.625. The number of nitrogens with zero attached hydrogens (tertiary/aromatic N) is 1. The largest absolute Gasteiger partial charge is 0.379 e. The summed E-state index contributed by atoms with van der Waals surface area (Å²) in [5, 5.41) is 4.92.